The van der Waals surface area contributed by atoms with Crippen molar-refractivity contribution in [3.63, 3.8) is 0 Å². The number of ether oxygens (including phenoxy) is 2. The minimum Gasteiger partial charge on any atom is -0.479 e. The van der Waals surface area contributed by atoms with Crippen LogP contribution in [0.5, 0.6) is 5.75 Å². The highest BCUT2D eigenvalue weighted by molar-refractivity contribution is 5.93. The quantitative estimate of drug-likeness (QED) is 0.429. The zero-order chi connectivity index (χ0) is 16.4. The van der Waals surface area contributed by atoms with Crippen molar-refractivity contribution in [2.45, 2.75) is 30.7 Å². The molecule has 1 aromatic rings. The summed E-state index contributed by atoms with van der Waals surface area (Å²) in [6, 6.07) is 5.60. The molecule has 9 nitrogen and oxygen atoms in total. The highest BCUT2D eigenvalue weighted by Crippen LogP contribution is 2.25. The van der Waals surface area contributed by atoms with Crippen LogP contribution >= 0.6 is 0 Å². The maximum atomic E-state index is 11.1. The second kappa shape index (κ2) is 6.28. The van der Waals surface area contributed by atoms with Crippen molar-refractivity contribution in [1.29, 1.82) is 0 Å². The molecule has 2 rings (SSSR count). The molecule has 1 fully saturated rings. The van der Waals surface area contributed by atoms with E-state index in [1.165, 1.54) is 24.3 Å². The molecule has 0 spiro atoms. The zero-order valence-electron chi connectivity index (χ0n) is 11.2. The lowest BCUT2D eigenvalue weighted by Gasteiger charge is -2.38. The van der Waals surface area contributed by atoms with E-state index >= 15 is 0 Å². The molecule has 1 heterocycles. The lowest BCUT2D eigenvalue weighted by Crippen LogP contribution is -2.61. The molecule has 1 saturated heterocycles. The van der Waals surface area contributed by atoms with E-state index in [2.05, 4.69) is 0 Å². The maximum absolute atomic E-state index is 11.1. The Morgan fingerprint density at radius 3 is 2.41 bits per heavy atom. The number of aliphatic carboxylic acids is 1. The van der Waals surface area contributed by atoms with Crippen molar-refractivity contribution in [3.05, 3.63) is 29.8 Å². The fourth-order valence-corrected chi connectivity index (χ4v) is 2.01. The minimum absolute atomic E-state index is 0.0769. The summed E-state index contributed by atoms with van der Waals surface area (Å²) in [5, 5.41) is 37.9. The lowest BCUT2D eigenvalue weighted by molar-refractivity contribution is -0.271. The molecule has 1 aliphatic rings. The van der Waals surface area contributed by atoms with Crippen LogP contribution in [0.2, 0.25) is 0 Å². The molecular weight excluding hydrogens is 298 g/mol. The molecule has 1 aliphatic heterocycles. The second-order valence-electron chi connectivity index (χ2n) is 4.75. The molecule has 0 bridgehead atoms. The molecule has 1 amide bonds. The number of primary amides is 1. The Morgan fingerprint density at radius 2 is 1.82 bits per heavy atom. The summed E-state index contributed by atoms with van der Waals surface area (Å²) in [6.07, 6.45) is -8.54. The molecule has 5 unspecified atom stereocenters. The Balaban J connectivity index is 2.19. The topological polar surface area (TPSA) is 160 Å². The van der Waals surface area contributed by atoms with Gasteiger partial charge in [0.25, 0.3) is 0 Å². The molecule has 0 aromatic heterocycles. The van der Waals surface area contributed by atoms with Crippen molar-refractivity contribution in [1.82, 2.24) is 0 Å². The Hall–Kier alpha value is -2.20. The summed E-state index contributed by atoms with van der Waals surface area (Å²) in [5.41, 5.74) is 5.26. The summed E-state index contributed by atoms with van der Waals surface area (Å²) in [4.78, 5) is 22.0. The second-order valence-corrected chi connectivity index (χ2v) is 4.75. The third kappa shape index (κ3) is 3.17. The van der Waals surface area contributed by atoms with Gasteiger partial charge in [0.15, 0.2) is 6.10 Å². The number of amides is 1. The highest BCUT2D eigenvalue weighted by atomic mass is 16.7. The first-order chi connectivity index (χ1) is 10.3. The van der Waals surface area contributed by atoms with Crippen molar-refractivity contribution < 1.29 is 39.5 Å². The van der Waals surface area contributed by atoms with Gasteiger partial charge >= 0.3 is 5.97 Å². The van der Waals surface area contributed by atoms with Gasteiger partial charge in [0.05, 0.1) is 0 Å². The molecule has 22 heavy (non-hydrogen) atoms. The van der Waals surface area contributed by atoms with Gasteiger partial charge < -0.3 is 35.6 Å². The number of benzene rings is 1. The van der Waals surface area contributed by atoms with Crippen molar-refractivity contribution in [2.75, 3.05) is 0 Å². The number of carbonyl (C=O) groups excluding carboxylic acids is 1. The third-order valence-electron chi connectivity index (χ3n) is 3.18. The maximum Gasteiger partial charge on any atom is 0.335 e. The van der Waals surface area contributed by atoms with Crippen LogP contribution in [0.4, 0.5) is 0 Å². The van der Waals surface area contributed by atoms with Gasteiger partial charge in [0.2, 0.25) is 12.2 Å². The largest absolute Gasteiger partial charge is 0.479 e. The van der Waals surface area contributed by atoms with E-state index in [1.54, 1.807) is 0 Å². The predicted molar refractivity (Wildman–Crippen MR) is 69.9 cm³/mol. The van der Waals surface area contributed by atoms with Gasteiger partial charge in [-0.25, -0.2) is 4.79 Å². The van der Waals surface area contributed by atoms with Gasteiger partial charge in [-0.1, -0.05) is 6.07 Å². The van der Waals surface area contributed by atoms with E-state index in [4.69, 9.17) is 20.3 Å². The Kier molecular flexibility index (Phi) is 4.62. The molecule has 0 radical (unpaired) electrons. The van der Waals surface area contributed by atoms with Gasteiger partial charge in [0.1, 0.15) is 24.1 Å². The number of rotatable bonds is 4. The first kappa shape index (κ1) is 16.2. The predicted octanol–water partition coefficient (Wildman–Crippen LogP) is -1.94. The average Bonchev–Trinajstić information content (AvgIpc) is 2.47. The number of hydrogen-bond donors (Lipinski definition) is 5. The van der Waals surface area contributed by atoms with Crippen molar-refractivity contribution >= 4 is 11.9 Å². The average molecular weight is 313 g/mol. The normalized spacial score (nSPS) is 31.5. The zero-order valence-corrected chi connectivity index (χ0v) is 11.2. The fourth-order valence-electron chi connectivity index (χ4n) is 2.01. The Morgan fingerprint density at radius 1 is 1.14 bits per heavy atom. The monoisotopic (exact) mass is 313 g/mol. The number of carboxylic acid groups (broad SMARTS) is 1. The van der Waals surface area contributed by atoms with Gasteiger partial charge in [-0.15, -0.1) is 0 Å². The highest BCUT2D eigenvalue weighted by Gasteiger charge is 2.48. The number of hydrogen-bond acceptors (Lipinski definition) is 7. The molecule has 0 saturated carbocycles. The van der Waals surface area contributed by atoms with E-state index in [0.717, 1.165) is 0 Å². The summed E-state index contributed by atoms with van der Waals surface area (Å²) >= 11 is 0. The van der Waals surface area contributed by atoms with Crippen molar-refractivity contribution in [3.8, 4) is 5.75 Å². The standard InChI is InChI=1S/C13H15NO8/c14-11(18)5-2-1-3-6(4-5)21-13-9(17)7(15)8(16)10(22-13)12(19)20/h1-4,7-10,13,15-17H,(H2,14,18)(H,19,20). The number of aliphatic hydroxyl groups is 3. The van der Waals surface area contributed by atoms with Gasteiger partial charge in [-0.2, -0.15) is 0 Å². The Bertz CT molecular complexity index is 577. The van der Waals surface area contributed by atoms with E-state index in [0.29, 0.717) is 0 Å². The molecule has 9 heteroatoms. The van der Waals surface area contributed by atoms with Gasteiger partial charge in [-0.05, 0) is 18.2 Å². The first-order valence-corrected chi connectivity index (χ1v) is 6.30. The van der Waals surface area contributed by atoms with Crippen LogP contribution in [-0.4, -0.2) is 63.0 Å². The molecule has 0 aliphatic carbocycles. The number of aliphatic hydroxyl groups excluding tert-OH is 3. The van der Waals surface area contributed by atoms with Crippen molar-refractivity contribution in [2.24, 2.45) is 5.73 Å². The van der Waals surface area contributed by atoms with E-state index < -0.39 is 42.6 Å². The summed E-state index contributed by atoms with van der Waals surface area (Å²) in [6.45, 7) is 0. The molecule has 6 N–H and O–H groups in total. The summed E-state index contributed by atoms with van der Waals surface area (Å²) in [5.74, 6) is -2.14. The lowest BCUT2D eigenvalue weighted by atomic mass is 9.99. The summed E-state index contributed by atoms with van der Waals surface area (Å²) < 4.78 is 10.2. The third-order valence-corrected chi connectivity index (χ3v) is 3.18. The van der Waals surface area contributed by atoms with Crippen LogP contribution in [-0.2, 0) is 9.53 Å². The van der Waals surface area contributed by atoms with Crippen LogP contribution in [0.25, 0.3) is 0 Å². The van der Waals surface area contributed by atoms with Gasteiger partial charge in [0, 0.05) is 5.56 Å². The number of carboxylic acids is 1. The van der Waals surface area contributed by atoms with Crippen LogP contribution in [0.3, 0.4) is 0 Å². The molecule has 120 valence electrons. The molecular formula is C13H15NO8. The minimum atomic E-state index is -1.80. The van der Waals surface area contributed by atoms with E-state index in [-0.39, 0.29) is 11.3 Å². The van der Waals surface area contributed by atoms with Crippen LogP contribution in [0, 0.1) is 0 Å². The summed E-state index contributed by atoms with van der Waals surface area (Å²) in [7, 11) is 0. The van der Waals surface area contributed by atoms with E-state index in [9.17, 15) is 24.9 Å². The van der Waals surface area contributed by atoms with E-state index in [1.807, 2.05) is 0 Å². The first-order valence-electron chi connectivity index (χ1n) is 6.30. The van der Waals surface area contributed by atoms with Crippen LogP contribution in [0.15, 0.2) is 24.3 Å². The number of nitrogens with two attached hydrogens (primary N) is 1. The smallest absolute Gasteiger partial charge is 0.335 e. The SMILES string of the molecule is NC(=O)c1cccc(OC2OC(C(=O)O)C(O)C(O)C2O)c1. The molecule has 5 atom stereocenters. The Labute approximate surface area is 124 Å². The van der Waals surface area contributed by atoms with Gasteiger partial charge in [-0.3, -0.25) is 4.79 Å². The molecule has 1 aromatic carbocycles. The fraction of sp³-hybridized carbons (Fsp3) is 0.385. The number of carbonyl (C=O) groups is 2. The van der Waals surface area contributed by atoms with Crippen LogP contribution < -0.4 is 10.5 Å². The van der Waals surface area contributed by atoms with Crippen LogP contribution in [0.1, 0.15) is 10.4 Å².